The molecule has 4 bridgehead atoms. The number of carboxylic acids is 1. The van der Waals surface area contributed by atoms with Gasteiger partial charge in [-0.15, -0.1) is 0 Å². The number of carbonyl (C=O) groups excluding carboxylic acids is 1. The average Bonchev–Trinajstić information content (AvgIpc) is 2.85. The molecule has 4 saturated carbocycles. The van der Waals surface area contributed by atoms with E-state index in [2.05, 4.69) is 91.0 Å². The van der Waals surface area contributed by atoms with Gasteiger partial charge in [0.15, 0.2) is 14.7 Å². The van der Waals surface area contributed by atoms with Crippen molar-refractivity contribution in [3.63, 3.8) is 0 Å². The zero-order chi connectivity index (χ0) is 26.5. The Balaban J connectivity index is 0.000000153. The molecule has 0 aliphatic heterocycles. The first kappa shape index (κ1) is 27.3. The lowest BCUT2D eigenvalue weighted by Gasteiger charge is -2.57. The predicted molar refractivity (Wildman–Crippen MR) is 139 cm³/mol. The highest BCUT2D eigenvalue weighted by Crippen LogP contribution is 2.59. The molecule has 0 spiro atoms. The minimum Gasteiger partial charge on any atom is -0.550 e. The highest BCUT2D eigenvalue weighted by Gasteiger charge is 2.51. The second-order valence-corrected chi connectivity index (χ2v) is 12.5. The molecule has 0 N–H and O–H groups in total. The van der Waals surface area contributed by atoms with Gasteiger partial charge < -0.3 is 9.90 Å². The molecular weight excluding hydrogens is 493 g/mol. The Labute approximate surface area is 220 Å². The summed E-state index contributed by atoms with van der Waals surface area (Å²) in [5, 5.41) is 11.1. The van der Waals surface area contributed by atoms with Crippen molar-refractivity contribution in [3.8, 4) is 0 Å². The van der Waals surface area contributed by atoms with Gasteiger partial charge in [0, 0.05) is 18.3 Å². The van der Waals surface area contributed by atoms with Crippen molar-refractivity contribution in [3.05, 3.63) is 91.0 Å². The fourth-order valence-electron chi connectivity index (χ4n) is 6.44. The van der Waals surface area contributed by atoms with Gasteiger partial charge in [0.25, 0.3) is 0 Å². The van der Waals surface area contributed by atoms with Crippen LogP contribution in [0.5, 0.6) is 0 Å². The zero-order valence-electron chi connectivity index (χ0n) is 21.0. The first-order chi connectivity index (χ1) is 17.6. The van der Waals surface area contributed by atoms with Crippen molar-refractivity contribution in [2.24, 2.45) is 23.2 Å². The minimum atomic E-state index is -4.00. The van der Waals surface area contributed by atoms with Crippen LogP contribution in [-0.4, -0.2) is 12.1 Å². The summed E-state index contributed by atoms with van der Waals surface area (Å²) in [6.07, 6.45) is 2.65. The maximum absolute atomic E-state index is 11.1. The molecule has 196 valence electrons. The second-order valence-electron chi connectivity index (χ2n) is 10.5. The summed E-state index contributed by atoms with van der Waals surface area (Å²) in [4.78, 5) is 15.2. The first-order valence-electron chi connectivity index (χ1n) is 12.8. The summed E-state index contributed by atoms with van der Waals surface area (Å²) in [6, 6.07) is 32.2. The molecule has 3 aromatic rings. The van der Waals surface area contributed by atoms with Gasteiger partial charge in [0.1, 0.15) is 0 Å². The smallest absolute Gasteiger partial charge is 0.386 e. The molecule has 0 heterocycles. The number of rotatable bonds is 4. The summed E-state index contributed by atoms with van der Waals surface area (Å²) >= 11 is 0. The van der Waals surface area contributed by atoms with E-state index in [1.165, 1.54) is 33.9 Å². The lowest BCUT2D eigenvalue weighted by molar-refractivity contribution is -0.327. The fourth-order valence-corrected chi connectivity index (χ4v) is 8.54. The van der Waals surface area contributed by atoms with Crippen LogP contribution in [0.15, 0.2) is 106 Å². The van der Waals surface area contributed by atoms with Crippen LogP contribution in [-0.2, 0) is 15.7 Å². The number of halogens is 3. The molecule has 0 radical (unpaired) electrons. The Morgan fingerprint density at radius 1 is 0.703 bits per heavy atom. The molecule has 4 aliphatic rings. The molecule has 3 aromatic carbocycles. The third kappa shape index (κ3) is 7.41. The Morgan fingerprint density at radius 2 is 0.973 bits per heavy atom. The molecular formula is C31H33F3O2S. The van der Waals surface area contributed by atoms with Crippen LogP contribution in [0.1, 0.15) is 45.4 Å². The van der Waals surface area contributed by atoms with Crippen molar-refractivity contribution in [1.29, 1.82) is 0 Å². The van der Waals surface area contributed by atoms with Crippen LogP contribution < -0.4 is 5.11 Å². The zero-order valence-corrected chi connectivity index (χ0v) is 21.8. The SMILES string of the molecule is CC(F)(F)F.O=C([O-])C12CC3CC(CC(C3)C1)C2.c1ccc([S+](c2ccccc2)c2ccccc2)cc1. The number of carbonyl (C=O) groups is 1. The third-order valence-corrected chi connectivity index (χ3v) is 9.64. The molecule has 2 nitrogen and oxygen atoms in total. The van der Waals surface area contributed by atoms with E-state index in [-0.39, 0.29) is 17.8 Å². The fraction of sp³-hybridized carbons (Fsp3) is 0.387. The van der Waals surface area contributed by atoms with E-state index in [1.807, 2.05) is 0 Å². The molecule has 0 unspecified atom stereocenters. The maximum Gasteiger partial charge on any atom is 0.386 e. The van der Waals surface area contributed by atoms with Gasteiger partial charge in [-0.3, -0.25) is 0 Å². The topological polar surface area (TPSA) is 40.1 Å². The summed E-state index contributed by atoms with van der Waals surface area (Å²) in [7, 11) is -0.0146. The molecule has 7 rings (SSSR count). The van der Waals surface area contributed by atoms with E-state index in [0.29, 0.717) is 17.8 Å². The Kier molecular flexibility index (Phi) is 8.68. The van der Waals surface area contributed by atoms with Gasteiger partial charge in [0.05, 0.1) is 10.9 Å². The molecule has 37 heavy (non-hydrogen) atoms. The molecule has 0 saturated heterocycles. The van der Waals surface area contributed by atoms with E-state index in [9.17, 15) is 23.1 Å². The minimum absolute atomic E-state index is 0.0146. The number of aliphatic carboxylic acids is 1. The quantitative estimate of drug-likeness (QED) is 0.335. The monoisotopic (exact) mass is 526 g/mol. The van der Waals surface area contributed by atoms with Crippen LogP contribution in [0.4, 0.5) is 13.2 Å². The van der Waals surface area contributed by atoms with E-state index in [0.717, 1.165) is 19.3 Å². The Bertz CT molecular complexity index is 998. The first-order valence-corrected chi connectivity index (χ1v) is 14.0. The summed E-state index contributed by atoms with van der Waals surface area (Å²) in [6.45, 7) is 0.188. The average molecular weight is 527 g/mol. The highest BCUT2D eigenvalue weighted by atomic mass is 32.2. The van der Waals surface area contributed by atoms with Gasteiger partial charge in [-0.05, 0) is 92.7 Å². The number of hydrogen-bond acceptors (Lipinski definition) is 2. The molecule has 0 amide bonds. The summed E-state index contributed by atoms with van der Waals surface area (Å²) < 4.78 is 31.1. The van der Waals surface area contributed by atoms with Crippen molar-refractivity contribution < 1.29 is 23.1 Å². The number of carboxylic acid groups (broad SMARTS) is 1. The van der Waals surface area contributed by atoms with Crippen molar-refractivity contribution in [1.82, 2.24) is 0 Å². The van der Waals surface area contributed by atoms with Gasteiger partial charge in [-0.1, -0.05) is 54.6 Å². The van der Waals surface area contributed by atoms with E-state index in [1.54, 1.807) is 0 Å². The lowest BCUT2D eigenvalue weighted by Crippen LogP contribution is -2.54. The largest absolute Gasteiger partial charge is 0.550 e. The molecule has 6 heteroatoms. The van der Waals surface area contributed by atoms with Crippen molar-refractivity contribution in [2.75, 3.05) is 0 Å². The Hall–Kier alpha value is -2.73. The normalized spacial score (nSPS) is 25.5. The summed E-state index contributed by atoms with van der Waals surface area (Å²) in [5.41, 5.74) is -0.394. The standard InChI is InChI=1S/C18H15S.C11H16O2.C2H3F3/c1-4-10-16(11-5-1)19(17-12-6-2-7-13-17)18-14-8-3-9-15-18;12-10(13)11-4-7-1-8(5-11)3-9(2-7)6-11;1-2(3,4)5/h1-15H;7-9H,1-6H2,(H,12,13);1H3/q+1;;/p-1. The van der Waals surface area contributed by atoms with E-state index < -0.39 is 17.6 Å². The lowest BCUT2D eigenvalue weighted by atomic mass is 9.49. The number of benzene rings is 3. The highest BCUT2D eigenvalue weighted by molar-refractivity contribution is 7.97. The Morgan fingerprint density at radius 3 is 1.22 bits per heavy atom. The third-order valence-electron chi connectivity index (χ3n) is 7.41. The number of hydrogen-bond donors (Lipinski definition) is 0. The van der Waals surface area contributed by atoms with Gasteiger partial charge >= 0.3 is 6.18 Å². The van der Waals surface area contributed by atoms with Gasteiger partial charge in [-0.25, -0.2) is 0 Å². The van der Waals surface area contributed by atoms with E-state index >= 15 is 0 Å². The molecule has 0 aromatic heterocycles. The van der Waals surface area contributed by atoms with Crippen LogP contribution in [0.2, 0.25) is 0 Å². The van der Waals surface area contributed by atoms with Crippen LogP contribution >= 0.6 is 0 Å². The predicted octanol–water partition coefficient (Wildman–Crippen LogP) is 7.30. The van der Waals surface area contributed by atoms with Gasteiger partial charge in [0.2, 0.25) is 0 Å². The number of alkyl halides is 3. The van der Waals surface area contributed by atoms with Crippen molar-refractivity contribution in [2.45, 2.75) is 66.3 Å². The van der Waals surface area contributed by atoms with Crippen LogP contribution in [0.3, 0.4) is 0 Å². The van der Waals surface area contributed by atoms with Crippen LogP contribution in [0, 0.1) is 23.2 Å². The second kappa shape index (κ2) is 11.8. The molecule has 0 atom stereocenters. The van der Waals surface area contributed by atoms with Crippen LogP contribution in [0.25, 0.3) is 0 Å². The molecule has 4 aliphatic carbocycles. The van der Waals surface area contributed by atoms with Crippen molar-refractivity contribution >= 4 is 16.9 Å². The summed E-state index contributed by atoms with van der Waals surface area (Å²) in [5.74, 6) is 1.38. The maximum atomic E-state index is 11.1. The van der Waals surface area contributed by atoms with E-state index in [4.69, 9.17) is 0 Å². The van der Waals surface area contributed by atoms with Gasteiger partial charge in [-0.2, -0.15) is 13.2 Å². The molecule has 4 fully saturated rings.